The minimum atomic E-state index is -4.46. The third-order valence-electron chi connectivity index (χ3n) is 3.35. The van der Waals surface area contributed by atoms with Crippen molar-refractivity contribution in [1.82, 2.24) is 10.3 Å². The summed E-state index contributed by atoms with van der Waals surface area (Å²) in [6, 6.07) is 7.40. The highest BCUT2D eigenvalue weighted by molar-refractivity contribution is 5.77. The Labute approximate surface area is 142 Å². The van der Waals surface area contributed by atoms with Gasteiger partial charge in [0.25, 0.3) is 5.91 Å². The highest BCUT2D eigenvalue weighted by atomic mass is 19.4. The Bertz CT molecular complexity index is 718. The van der Waals surface area contributed by atoms with Crippen LogP contribution in [0.3, 0.4) is 0 Å². The molecule has 1 amide bonds. The Hall–Kier alpha value is -2.77. The minimum absolute atomic E-state index is 0.0276. The van der Waals surface area contributed by atoms with E-state index in [1.807, 2.05) is 0 Å². The lowest BCUT2D eigenvalue weighted by molar-refractivity contribution is -0.137. The van der Waals surface area contributed by atoms with Gasteiger partial charge in [0.15, 0.2) is 6.61 Å². The number of hydrogen-bond acceptors (Lipinski definition) is 4. The van der Waals surface area contributed by atoms with Crippen LogP contribution in [0.2, 0.25) is 0 Å². The number of alkyl halides is 3. The maximum Gasteiger partial charge on any atom is 0.416 e. The molecule has 2 aromatic rings. The lowest BCUT2D eigenvalue weighted by Gasteiger charge is -2.14. The number of methoxy groups -OCH3 is 1. The van der Waals surface area contributed by atoms with Crippen LogP contribution >= 0.6 is 0 Å². The second-order valence-electron chi connectivity index (χ2n) is 5.23. The molecule has 0 saturated carbocycles. The number of carbonyl (C=O) groups excluding carboxylic acids is 1. The standard InChI is InChI=1S/C17H17F3N2O3/c1-11(15-7-6-14(24-2)9-21-15)22-16(23)10-25-13-5-3-4-12(8-13)17(18,19)20/h3-9,11H,10H2,1-2H3,(H,22,23). The van der Waals surface area contributed by atoms with Crippen LogP contribution in [0.4, 0.5) is 13.2 Å². The molecule has 8 heteroatoms. The van der Waals surface area contributed by atoms with Crippen molar-refractivity contribution in [3.8, 4) is 11.5 Å². The van der Waals surface area contributed by atoms with Gasteiger partial charge >= 0.3 is 6.18 Å². The summed E-state index contributed by atoms with van der Waals surface area (Å²) in [6.07, 6.45) is -2.94. The summed E-state index contributed by atoms with van der Waals surface area (Å²) in [5.74, 6) is 0.0953. The molecule has 1 unspecified atom stereocenters. The molecule has 1 heterocycles. The van der Waals surface area contributed by atoms with Gasteiger partial charge in [-0.1, -0.05) is 6.07 Å². The molecule has 1 aromatic heterocycles. The molecule has 1 aromatic carbocycles. The number of nitrogens with zero attached hydrogens (tertiary/aromatic N) is 1. The topological polar surface area (TPSA) is 60.5 Å². The zero-order valence-corrected chi connectivity index (χ0v) is 13.6. The maximum absolute atomic E-state index is 12.6. The van der Waals surface area contributed by atoms with Crippen LogP contribution in [-0.2, 0) is 11.0 Å². The predicted molar refractivity (Wildman–Crippen MR) is 84.3 cm³/mol. The number of amides is 1. The van der Waals surface area contributed by atoms with Crippen molar-refractivity contribution in [3.63, 3.8) is 0 Å². The molecule has 0 fully saturated rings. The maximum atomic E-state index is 12.6. The number of benzene rings is 1. The van der Waals surface area contributed by atoms with Crippen LogP contribution in [0.1, 0.15) is 24.2 Å². The molecule has 0 aliphatic carbocycles. The molecule has 0 radical (unpaired) electrons. The first-order chi connectivity index (χ1) is 11.8. The molecule has 0 aliphatic rings. The molecule has 0 bridgehead atoms. The van der Waals surface area contributed by atoms with Gasteiger partial charge < -0.3 is 14.8 Å². The van der Waals surface area contributed by atoms with Crippen LogP contribution in [0, 0.1) is 0 Å². The summed E-state index contributed by atoms with van der Waals surface area (Å²) in [4.78, 5) is 16.0. The number of carbonyl (C=O) groups is 1. The zero-order valence-electron chi connectivity index (χ0n) is 13.6. The molecule has 5 nitrogen and oxygen atoms in total. The first-order valence-corrected chi connectivity index (χ1v) is 7.39. The summed E-state index contributed by atoms with van der Waals surface area (Å²) < 4.78 is 48.0. The summed E-state index contributed by atoms with van der Waals surface area (Å²) in [7, 11) is 1.52. The Morgan fingerprint density at radius 2 is 2.00 bits per heavy atom. The first kappa shape index (κ1) is 18.6. The normalized spacial score (nSPS) is 12.4. The third kappa shape index (κ3) is 5.37. The van der Waals surface area contributed by atoms with E-state index < -0.39 is 24.3 Å². The highest BCUT2D eigenvalue weighted by Crippen LogP contribution is 2.31. The fourth-order valence-electron chi connectivity index (χ4n) is 2.04. The van der Waals surface area contributed by atoms with Gasteiger partial charge in [-0.25, -0.2) is 0 Å². The van der Waals surface area contributed by atoms with Crippen molar-refractivity contribution >= 4 is 5.91 Å². The van der Waals surface area contributed by atoms with Crippen molar-refractivity contribution in [2.75, 3.05) is 13.7 Å². The second kappa shape index (κ2) is 7.87. The quantitative estimate of drug-likeness (QED) is 0.864. The predicted octanol–water partition coefficient (Wildman–Crippen LogP) is 3.37. The number of halogens is 3. The van der Waals surface area contributed by atoms with Crippen LogP contribution in [0.25, 0.3) is 0 Å². The van der Waals surface area contributed by atoms with Crippen molar-refractivity contribution in [3.05, 3.63) is 53.9 Å². The first-order valence-electron chi connectivity index (χ1n) is 7.39. The lowest BCUT2D eigenvalue weighted by Crippen LogP contribution is -2.31. The molecule has 0 spiro atoms. The van der Waals surface area contributed by atoms with Crippen molar-refractivity contribution in [1.29, 1.82) is 0 Å². The van der Waals surface area contributed by atoms with E-state index in [0.717, 1.165) is 12.1 Å². The van der Waals surface area contributed by atoms with Gasteiger partial charge in [0.1, 0.15) is 11.5 Å². The fraction of sp³-hybridized carbons (Fsp3) is 0.294. The number of hydrogen-bond donors (Lipinski definition) is 1. The van der Waals surface area contributed by atoms with Crippen molar-refractivity contribution < 1.29 is 27.4 Å². The number of pyridine rings is 1. The van der Waals surface area contributed by atoms with Gasteiger partial charge in [-0.2, -0.15) is 13.2 Å². The Balaban J connectivity index is 1.89. The molecule has 1 atom stereocenters. The number of ether oxygens (including phenoxy) is 2. The minimum Gasteiger partial charge on any atom is -0.495 e. The Morgan fingerprint density at radius 3 is 2.60 bits per heavy atom. The summed E-state index contributed by atoms with van der Waals surface area (Å²) in [6.45, 7) is 1.33. The molecular formula is C17H17F3N2O3. The van der Waals surface area contributed by atoms with Crippen LogP contribution < -0.4 is 14.8 Å². The molecule has 0 saturated heterocycles. The molecule has 0 aliphatic heterocycles. The van der Waals surface area contributed by atoms with E-state index in [-0.39, 0.29) is 11.8 Å². The van der Waals surface area contributed by atoms with E-state index in [1.54, 1.807) is 19.1 Å². The highest BCUT2D eigenvalue weighted by Gasteiger charge is 2.30. The molecule has 1 N–H and O–H groups in total. The van der Waals surface area contributed by atoms with E-state index in [4.69, 9.17) is 9.47 Å². The van der Waals surface area contributed by atoms with Gasteiger partial charge in [0.05, 0.1) is 30.6 Å². The van der Waals surface area contributed by atoms with Crippen molar-refractivity contribution in [2.45, 2.75) is 19.1 Å². The number of aromatic nitrogens is 1. The second-order valence-corrected chi connectivity index (χ2v) is 5.23. The van der Waals surface area contributed by atoms with Gasteiger partial charge in [0, 0.05) is 0 Å². The molecular weight excluding hydrogens is 337 g/mol. The lowest BCUT2D eigenvalue weighted by atomic mass is 10.2. The Morgan fingerprint density at radius 1 is 1.24 bits per heavy atom. The number of nitrogens with one attached hydrogen (secondary N) is 1. The molecule has 25 heavy (non-hydrogen) atoms. The van der Waals surface area contributed by atoms with E-state index in [0.29, 0.717) is 11.4 Å². The van der Waals surface area contributed by atoms with Crippen LogP contribution in [0.15, 0.2) is 42.6 Å². The van der Waals surface area contributed by atoms with Crippen molar-refractivity contribution in [2.24, 2.45) is 0 Å². The smallest absolute Gasteiger partial charge is 0.416 e. The average Bonchev–Trinajstić information content (AvgIpc) is 2.59. The summed E-state index contributed by atoms with van der Waals surface area (Å²) in [5, 5.41) is 2.66. The SMILES string of the molecule is COc1ccc(C(C)NC(=O)COc2cccc(C(F)(F)F)c2)nc1. The van der Waals surface area contributed by atoms with E-state index in [2.05, 4.69) is 10.3 Å². The van der Waals surface area contributed by atoms with Gasteiger partial charge in [-0.15, -0.1) is 0 Å². The van der Waals surface area contributed by atoms with Gasteiger partial charge in [-0.3, -0.25) is 9.78 Å². The van der Waals surface area contributed by atoms with E-state index >= 15 is 0 Å². The largest absolute Gasteiger partial charge is 0.495 e. The zero-order chi connectivity index (χ0) is 18.4. The monoisotopic (exact) mass is 354 g/mol. The fourth-order valence-corrected chi connectivity index (χ4v) is 2.04. The van der Waals surface area contributed by atoms with Gasteiger partial charge in [-0.05, 0) is 37.3 Å². The third-order valence-corrected chi connectivity index (χ3v) is 3.35. The molecule has 134 valence electrons. The van der Waals surface area contributed by atoms with E-state index in [9.17, 15) is 18.0 Å². The van der Waals surface area contributed by atoms with E-state index in [1.165, 1.54) is 25.4 Å². The van der Waals surface area contributed by atoms with Crippen LogP contribution in [-0.4, -0.2) is 24.6 Å². The Kier molecular flexibility index (Phi) is 5.84. The average molecular weight is 354 g/mol. The van der Waals surface area contributed by atoms with Gasteiger partial charge in [0.2, 0.25) is 0 Å². The summed E-state index contributed by atoms with van der Waals surface area (Å²) >= 11 is 0. The molecule has 2 rings (SSSR count). The van der Waals surface area contributed by atoms with Crippen LogP contribution in [0.5, 0.6) is 11.5 Å². The summed E-state index contributed by atoms with van der Waals surface area (Å²) in [5.41, 5.74) is -0.213. The number of rotatable bonds is 6.